The Balaban J connectivity index is 2.44. The van der Waals surface area contributed by atoms with Gasteiger partial charge in [-0.3, -0.25) is 14.9 Å². The number of hydrogen-bond acceptors (Lipinski definition) is 5. The zero-order valence-corrected chi connectivity index (χ0v) is 11.8. The molecule has 8 nitrogen and oxygen atoms in total. The summed E-state index contributed by atoms with van der Waals surface area (Å²) < 4.78 is 1.57. The number of carbonyl (C=O) groups is 1. The number of hydrogen-bond donors (Lipinski definition) is 1. The van der Waals surface area contributed by atoms with E-state index < -0.39 is 16.3 Å². The lowest BCUT2D eigenvalue weighted by atomic mass is 9.90. The van der Waals surface area contributed by atoms with Crippen LogP contribution in [0.4, 0.5) is 11.5 Å². The molecule has 0 amide bonds. The number of nitrogens with zero attached hydrogens (tertiary/aromatic N) is 4. The van der Waals surface area contributed by atoms with Gasteiger partial charge in [-0.05, 0) is 27.2 Å². The topological polar surface area (TPSA) is 101 Å². The van der Waals surface area contributed by atoms with E-state index in [2.05, 4.69) is 5.10 Å². The van der Waals surface area contributed by atoms with Crippen LogP contribution in [0.3, 0.4) is 0 Å². The molecule has 1 unspecified atom stereocenters. The molecule has 2 rings (SSSR count). The van der Waals surface area contributed by atoms with Crippen LogP contribution in [0.1, 0.15) is 26.0 Å². The number of anilines is 1. The highest BCUT2D eigenvalue weighted by molar-refractivity contribution is 5.77. The van der Waals surface area contributed by atoms with Crippen molar-refractivity contribution in [1.82, 2.24) is 9.78 Å². The highest BCUT2D eigenvalue weighted by Crippen LogP contribution is 2.38. The van der Waals surface area contributed by atoms with Crippen molar-refractivity contribution >= 4 is 17.5 Å². The van der Waals surface area contributed by atoms with Crippen LogP contribution in [-0.2, 0) is 11.3 Å². The fourth-order valence-electron chi connectivity index (χ4n) is 2.62. The van der Waals surface area contributed by atoms with Gasteiger partial charge in [-0.25, -0.2) is 4.68 Å². The monoisotopic (exact) mass is 282 g/mol. The molecule has 0 aromatic carbocycles. The molecular formula is C12H18N4O4. The van der Waals surface area contributed by atoms with Gasteiger partial charge >= 0.3 is 11.7 Å². The normalized spacial score (nSPS) is 22.2. The van der Waals surface area contributed by atoms with E-state index in [4.69, 9.17) is 0 Å². The molecule has 1 N–H and O–H groups in total. The molecule has 110 valence electrons. The second-order valence-electron chi connectivity index (χ2n) is 5.37. The largest absolute Gasteiger partial charge is 0.481 e. The number of aromatic nitrogens is 2. The summed E-state index contributed by atoms with van der Waals surface area (Å²) in [6.45, 7) is 6.36. The summed E-state index contributed by atoms with van der Waals surface area (Å²) >= 11 is 0. The van der Waals surface area contributed by atoms with Crippen molar-refractivity contribution in [2.75, 3.05) is 18.0 Å². The second kappa shape index (κ2) is 4.77. The Hall–Kier alpha value is -2.12. The first kappa shape index (κ1) is 14.3. The van der Waals surface area contributed by atoms with Crippen LogP contribution < -0.4 is 4.90 Å². The van der Waals surface area contributed by atoms with Gasteiger partial charge in [-0.2, -0.15) is 5.10 Å². The minimum atomic E-state index is -0.873. The molecule has 1 atom stereocenters. The fraction of sp³-hybridized carbons (Fsp3) is 0.667. The van der Waals surface area contributed by atoms with Gasteiger partial charge in [0.15, 0.2) is 0 Å². The smallest absolute Gasteiger partial charge is 0.333 e. The van der Waals surface area contributed by atoms with Crippen molar-refractivity contribution in [3.05, 3.63) is 15.8 Å². The van der Waals surface area contributed by atoms with Crippen molar-refractivity contribution in [3.8, 4) is 0 Å². The van der Waals surface area contributed by atoms with Gasteiger partial charge in [-0.1, -0.05) is 0 Å². The molecule has 0 bridgehead atoms. The molecule has 1 aromatic heterocycles. The van der Waals surface area contributed by atoms with Gasteiger partial charge in [-0.15, -0.1) is 0 Å². The maximum Gasteiger partial charge on any atom is 0.333 e. The molecule has 1 saturated heterocycles. The van der Waals surface area contributed by atoms with Crippen molar-refractivity contribution in [3.63, 3.8) is 0 Å². The second-order valence-corrected chi connectivity index (χ2v) is 5.37. The van der Waals surface area contributed by atoms with E-state index in [0.717, 1.165) is 0 Å². The minimum absolute atomic E-state index is 0.0264. The van der Waals surface area contributed by atoms with Crippen LogP contribution in [-0.4, -0.2) is 38.9 Å². The standard InChI is InChI=1S/C12H18N4O4/c1-4-15-10(9(16(19)20)8(2)13-15)14-6-5-12(3,7-14)11(17)18/h4-7H2,1-3H3,(H,17,18). The van der Waals surface area contributed by atoms with Crippen LogP contribution in [0.25, 0.3) is 0 Å². The summed E-state index contributed by atoms with van der Waals surface area (Å²) in [6, 6.07) is 0. The van der Waals surface area contributed by atoms with E-state index in [0.29, 0.717) is 31.0 Å². The Morgan fingerprint density at radius 2 is 2.25 bits per heavy atom. The maximum absolute atomic E-state index is 11.3. The molecule has 0 saturated carbocycles. The van der Waals surface area contributed by atoms with E-state index >= 15 is 0 Å². The fourth-order valence-corrected chi connectivity index (χ4v) is 2.62. The van der Waals surface area contributed by atoms with Gasteiger partial charge in [0, 0.05) is 19.6 Å². The Kier molecular flexibility index (Phi) is 3.41. The minimum Gasteiger partial charge on any atom is -0.481 e. The van der Waals surface area contributed by atoms with E-state index in [1.807, 2.05) is 6.92 Å². The van der Waals surface area contributed by atoms with Crippen molar-refractivity contribution in [1.29, 1.82) is 0 Å². The number of rotatable bonds is 4. The van der Waals surface area contributed by atoms with Crippen molar-refractivity contribution in [2.45, 2.75) is 33.7 Å². The molecule has 1 aliphatic heterocycles. The van der Waals surface area contributed by atoms with Crippen molar-refractivity contribution in [2.24, 2.45) is 5.41 Å². The molecule has 0 radical (unpaired) electrons. The Morgan fingerprint density at radius 1 is 1.60 bits per heavy atom. The van der Waals surface area contributed by atoms with Gasteiger partial charge in [0.25, 0.3) is 0 Å². The predicted molar refractivity (Wildman–Crippen MR) is 71.9 cm³/mol. The van der Waals surface area contributed by atoms with Crippen LogP contribution in [0.15, 0.2) is 0 Å². The molecule has 20 heavy (non-hydrogen) atoms. The molecule has 2 heterocycles. The van der Waals surface area contributed by atoms with Crippen LogP contribution >= 0.6 is 0 Å². The Morgan fingerprint density at radius 3 is 2.70 bits per heavy atom. The van der Waals surface area contributed by atoms with E-state index in [-0.39, 0.29) is 12.2 Å². The van der Waals surface area contributed by atoms with Crippen LogP contribution in [0, 0.1) is 22.5 Å². The molecular weight excluding hydrogens is 264 g/mol. The highest BCUT2D eigenvalue weighted by Gasteiger charge is 2.43. The third kappa shape index (κ3) is 2.10. The first-order valence-electron chi connectivity index (χ1n) is 6.50. The van der Waals surface area contributed by atoms with E-state index in [1.165, 1.54) is 0 Å². The molecule has 1 fully saturated rings. The molecule has 8 heteroatoms. The average Bonchev–Trinajstić information content (AvgIpc) is 2.90. The van der Waals surface area contributed by atoms with Crippen LogP contribution in [0.5, 0.6) is 0 Å². The van der Waals surface area contributed by atoms with Crippen molar-refractivity contribution < 1.29 is 14.8 Å². The average molecular weight is 282 g/mol. The number of aryl methyl sites for hydroxylation is 2. The molecule has 1 aromatic rings. The lowest BCUT2D eigenvalue weighted by Gasteiger charge is -2.21. The van der Waals surface area contributed by atoms with Crippen LogP contribution in [0.2, 0.25) is 0 Å². The number of nitro groups is 1. The number of aliphatic carboxylic acids is 1. The van der Waals surface area contributed by atoms with E-state index in [9.17, 15) is 20.0 Å². The predicted octanol–water partition coefficient (Wildman–Crippen LogP) is 1.42. The number of carboxylic acids is 1. The SMILES string of the molecule is CCn1nc(C)c([N+](=O)[O-])c1N1CCC(C)(C(=O)O)C1. The molecule has 1 aliphatic rings. The van der Waals surface area contributed by atoms with Gasteiger partial charge < -0.3 is 10.0 Å². The first-order valence-corrected chi connectivity index (χ1v) is 6.50. The first-order chi connectivity index (χ1) is 9.30. The number of carboxylic acid groups (broad SMARTS) is 1. The molecule has 0 spiro atoms. The summed E-state index contributed by atoms with van der Waals surface area (Å²) in [5.74, 6) is -0.457. The maximum atomic E-state index is 11.3. The highest BCUT2D eigenvalue weighted by atomic mass is 16.6. The zero-order chi connectivity index (χ0) is 15.1. The molecule has 0 aliphatic carbocycles. The zero-order valence-electron chi connectivity index (χ0n) is 11.8. The quantitative estimate of drug-likeness (QED) is 0.662. The summed E-state index contributed by atoms with van der Waals surface area (Å²) in [6.07, 6.45) is 0.466. The summed E-state index contributed by atoms with van der Waals surface area (Å²) in [5.41, 5.74) is -0.540. The summed E-state index contributed by atoms with van der Waals surface area (Å²) in [7, 11) is 0. The third-order valence-electron chi connectivity index (χ3n) is 3.84. The third-order valence-corrected chi connectivity index (χ3v) is 3.84. The van der Waals surface area contributed by atoms with Gasteiger partial charge in [0.1, 0.15) is 5.69 Å². The lowest BCUT2D eigenvalue weighted by molar-refractivity contribution is -0.384. The Bertz CT molecular complexity index is 568. The summed E-state index contributed by atoms with van der Waals surface area (Å²) in [5, 5.41) is 24.7. The lowest BCUT2D eigenvalue weighted by Crippen LogP contribution is -2.32. The van der Waals surface area contributed by atoms with Gasteiger partial charge in [0.05, 0.1) is 10.3 Å². The Labute approximate surface area is 116 Å². The summed E-state index contributed by atoms with van der Waals surface area (Å²) in [4.78, 5) is 23.8. The van der Waals surface area contributed by atoms with E-state index in [1.54, 1.807) is 23.4 Å². The van der Waals surface area contributed by atoms with Gasteiger partial charge in [0.2, 0.25) is 5.82 Å².